The number of hydrogen-bond acceptors (Lipinski definition) is 3. The van der Waals surface area contributed by atoms with Crippen molar-refractivity contribution in [2.45, 2.75) is 12.8 Å². The second-order valence-electron chi connectivity index (χ2n) is 3.96. The minimum absolute atomic E-state index is 0.244. The number of aryl methyl sites for hydroxylation is 2. The number of H-pyrrole nitrogens is 1. The zero-order chi connectivity index (χ0) is 13.0. The van der Waals surface area contributed by atoms with Gasteiger partial charge in [0.05, 0.1) is 13.3 Å². The van der Waals surface area contributed by atoms with Gasteiger partial charge in [0.2, 0.25) is 0 Å². The van der Waals surface area contributed by atoms with Gasteiger partial charge in [0, 0.05) is 12.7 Å². The van der Waals surface area contributed by atoms with Gasteiger partial charge in [0.25, 0.3) is 0 Å². The molecule has 0 radical (unpaired) electrons. The molecule has 0 fully saturated rings. The number of methoxy groups -OCH3 is 1. The fraction of sp³-hybridized carbons (Fsp3) is 0.308. The average Bonchev–Trinajstić information content (AvgIpc) is 2.84. The van der Waals surface area contributed by atoms with Crippen LogP contribution >= 0.6 is 0 Å². The number of nitrogens with one attached hydrogen (secondary N) is 2. The molecule has 0 unspecified atom stereocenters. The minimum atomic E-state index is -0.244. The average molecular weight is 249 g/mol. The van der Waals surface area contributed by atoms with E-state index in [0.717, 1.165) is 23.6 Å². The standard InChI is InChI=1S/C13H16FN3O/c1-15-13-16-8-11(17-13)5-3-9-7-10(14)4-6-12(9)18-2/h4,6-8H,3,5H2,1-2H3,(H2,15,16,17). The van der Waals surface area contributed by atoms with E-state index in [2.05, 4.69) is 15.3 Å². The number of aromatic nitrogens is 2. The van der Waals surface area contributed by atoms with E-state index in [9.17, 15) is 4.39 Å². The number of anilines is 1. The van der Waals surface area contributed by atoms with Crippen molar-refractivity contribution in [3.8, 4) is 5.75 Å². The van der Waals surface area contributed by atoms with Gasteiger partial charge in [-0.25, -0.2) is 9.37 Å². The monoisotopic (exact) mass is 249 g/mol. The normalized spacial score (nSPS) is 10.4. The highest BCUT2D eigenvalue weighted by atomic mass is 19.1. The maximum Gasteiger partial charge on any atom is 0.200 e. The van der Waals surface area contributed by atoms with Crippen molar-refractivity contribution in [3.05, 3.63) is 41.5 Å². The van der Waals surface area contributed by atoms with E-state index >= 15 is 0 Å². The molecule has 0 aliphatic carbocycles. The van der Waals surface area contributed by atoms with Crippen molar-refractivity contribution in [1.29, 1.82) is 0 Å². The maximum absolute atomic E-state index is 13.2. The summed E-state index contributed by atoms with van der Waals surface area (Å²) < 4.78 is 18.4. The molecule has 2 N–H and O–H groups in total. The Morgan fingerprint density at radius 1 is 1.39 bits per heavy atom. The van der Waals surface area contributed by atoms with Crippen molar-refractivity contribution in [2.75, 3.05) is 19.5 Å². The third-order valence-electron chi connectivity index (χ3n) is 2.77. The molecule has 0 aliphatic heterocycles. The van der Waals surface area contributed by atoms with Crippen LogP contribution in [0.15, 0.2) is 24.4 Å². The summed E-state index contributed by atoms with van der Waals surface area (Å²) in [6.07, 6.45) is 3.23. The van der Waals surface area contributed by atoms with Crippen LogP contribution in [0.1, 0.15) is 11.3 Å². The van der Waals surface area contributed by atoms with Crippen molar-refractivity contribution in [1.82, 2.24) is 9.97 Å². The third-order valence-corrected chi connectivity index (χ3v) is 2.77. The molecular formula is C13H16FN3O. The first-order valence-electron chi connectivity index (χ1n) is 5.77. The highest BCUT2D eigenvalue weighted by Crippen LogP contribution is 2.21. The van der Waals surface area contributed by atoms with Gasteiger partial charge < -0.3 is 15.0 Å². The summed E-state index contributed by atoms with van der Waals surface area (Å²) >= 11 is 0. The molecule has 0 atom stereocenters. The highest BCUT2D eigenvalue weighted by molar-refractivity contribution is 5.34. The van der Waals surface area contributed by atoms with Crippen LogP contribution in [-0.4, -0.2) is 24.1 Å². The predicted octanol–water partition coefficient (Wildman–Crippen LogP) is 2.38. The summed E-state index contributed by atoms with van der Waals surface area (Å²) in [5, 5.41) is 2.93. The molecule has 0 aliphatic rings. The zero-order valence-electron chi connectivity index (χ0n) is 10.5. The summed E-state index contributed by atoms with van der Waals surface area (Å²) in [5.74, 6) is 1.20. The first kappa shape index (κ1) is 12.4. The molecule has 1 aromatic carbocycles. The van der Waals surface area contributed by atoms with Crippen molar-refractivity contribution < 1.29 is 9.13 Å². The van der Waals surface area contributed by atoms with Gasteiger partial charge in [0.15, 0.2) is 5.95 Å². The van der Waals surface area contributed by atoms with Crippen LogP contribution in [0.5, 0.6) is 5.75 Å². The molecule has 0 amide bonds. The first-order valence-corrected chi connectivity index (χ1v) is 5.77. The van der Waals surface area contributed by atoms with Crippen molar-refractivity contribution in [3.63, 3.8) is 0 Å². The molecule has 2 rings (SSSR count). The fourth-order valence-corrected chi connectivity index (χ4v) is 1.83. The molecule has 0 spiro atoms. The number of hydrogen-bond donors (Lipinski definition) is 2. The number of nitrogens with zero attached hydrogens (tertiary/aromatic N) is 1. The minimum Gasteiger partial charge on any atom is -0.496 e. The van der Waals surface area contributed by atoms with Gasteiger partial charge in [-0.05, 0) is 36.6 Å². The lowest BCUT2D eigenvalue weighted by Gasteiger charge is -2.07. The Morgan fingerprint density at radius 3 is 2.89 bits per heavy atom. The zero-order valence-corrected chi connectivity index (χ0v) is 10.5. The summed E-state index contributed by atoms with van der Waals surface area (Å²) in [5.41, 5.74) is 1.86. The van der Waals surface area contributed by atoms with Gasteiger partial charge >= 0.3 is 0 Å². The molecule has 18 heavy (non-hydrogen) atoms. The second-order valence-corrected chi connectivity index (χ2v) is 3.96. The molecule has 96 valence electrons. The molecule has 0 bridgehead atoms. The van der Waals surface area contributed by atoms with Crippen molar-refractivity contribution in [2.24, 2.45) is 0 Å². The SMILES string of the molecule is CNc1ncc(CCc2cc(F)ccc2OC)[nH]1. The topological polar surface area (TPSA) is 49.9 Å². The molecule has 1 aromatic heterocycles. The van der Waals surface area contributed by atoms with Crippen LogP contribution in [0.4, 0.5) is 10.3 Å². The molecule has 5 heteroatoms. The quantitative estimate of drug-likeness (QED) is 0.855. The van der Waals surface area contributed by atoms with Crippen LogP contribution in [-0.2, 0) is 12.8 Å². The van der Waals surface area contributed by atoms with E-state index in [-0.39, 0.29) is 5.82 Å². The van der Waals surface area contributed by atoms with E-state index in [1.165, 1.54) is 12.1 Å². The highest BCUT2D eigenvalue weighted by Gasteiger charge is 2.06. The largest absolute Gasteiger partial charge is 0.496 e. The number of ether oxygens (including phenoxy) is 1. The molecule has 0 saturated carbocycles. The predicted molar refractivity (Wildman–Crippen MR) is 68.5 cm³/mol. The van der Waals surface area contributed by atoms with E-state index in [1.54, 1.807) is 26.4 Å². The number of benzene rings is 1. The van der Waals surface area contributed by atoms with Gasteiger partial charge in [-0.3, -0.25) is 0 Å². The fourth-order valence-electron chi connectivity index (χ4n) is 1.83. The second kappa shape index (κ2) is 5.53. The van der Waals surface area contributed by atoms with Gasteiger partial charge in [0.1, 0.15) is 11.6 Å². The number of aromatic amines is 1. The Morgan fingerprint density at radius 2 is 2.22 bits per heavy atom. The Balaban J connectivity index is 2.07. The van der Waals surface area contributed by atoms with Crippen LogP contribution in [0, 0.1) is 5.82 Å². The molecule has 2 aromatic rings. The summed E-state index contributed by atoms with van der Waals surface area (Å²) in [7, 11) is 3.39. The molecular weight excluding hydrogens is 233 g/mol. The van der Waals surface area contributed by atoms with E-state index < -0.39 is 0 Å². The summed E-state index contributed by atoms with van der Waals surface area (Å²) in [6, 6.07) is 4.56. The van der Waals surface area contributed by atoms with E-state index in [1.807, 2.05) is 0 Å². The molecule has 1 heterocycles. The van der Waals surface area contributed by atoms with Crippen LogP contribution in [0.2, 0.25) is 0 Å². The molecule has 0 saturated heterocycles. The van der Waals surface area contributed by atoms with Crippen LogP contribution < -0.4 is 10.1 Å². The van der Waals surface area contributed by atoms with E-state index in [0.29, 0.717) is 12.2 Å². The Labute approximate surface area is 105 Å². The third kappa shape index (κ3) is 2.80. The lowest BCUT2D eigenvalue weighted by atomic mass is 10.1. The van der Waals surface area contributed by atoms with Gasteiger partial charge in [-0.2, -0.15) is 0 Å². The van der Waals surface area contributed by atoms with Gasteiger partial charge in [-0.1, -0.05) is 0 Å². The molecule has 4 nitrogen and oxygen atoms in total. The lowest BCUT2D eigenvalue weighted by Crippen LogP contribution is -1.97. The number of imidazole rings is 1. The Hall–Kier alpha value is -2.04. The summed E-state index contributed by atoms with van der Waals surface area (Å²) in [4.78, 5) is 7.26. The maximum atomic E-state index is 13.2. The van der Waals surface area contributed by atoms with Crippen LogP contribution in [0.25, 0.3) is 0 Å². The van der Waals surface area contributed by atoms with E-state index in [4.69, 9.17) is 4.74 Å². The Bertz CT molecular complexity index is 525. The summed E-state index contributed by atoms with van der Waals surface area (Å²) in [6.45, 7) is 0. The lowest BCUT2D eigenvalue weighted by molar-refractivity contribution is 0.408. The first-order chi connectivity index (χ1) is 8.72. The van der Waals surface area contributed by atoms with Crippen molar-refractivity contribution >= 4 is 5.95 Å². The smallest absolute Gasteiger partial charge is 0.200 e. The Kier molecular flexibility index (Phi) is 3.82. The number of halogens is 1. The van der Waals surface area contributed by atoms with Gasteiger partial charge in [-0.15, -0.1) is 0 Å². The number of rotatable bonds is 5. The van der Waals surface area contributed by atoms with Crippen LogP contribution in [0.3, 0.4) is 0 Å².